The highest BCUT2D eigenvalue weighted by Gasteiger charge is 2.12. The second kappa shape index (κ2) is 9.77. The predicted octanol–water partition coefficient (Wildman–Crippen LogP) is 0.428. The van der Waals surface area contributed by atoms with Gasteiger partial charge in [-0.15, -0.1) is 12.4 Å². The Bertz CT molecular complexity index is 133. The van der Waals surface area contributed by atoms with E-state index >= 15 is 0 Å². The monoisotopic (exact) mass is 210 g/mol. The predicted molar refractivity (Wildman–Crippen MR) is 54.8 cm³/mol. The van der Waals surface area contributed by atoms with E-state index in [2.05, 4.69) is 0 Å². The van der Waals surface area contributed by atoms with Gasteiger partial charge >= 0.3 is 5.97 Å². The average molecular weight is 211 g/mol. The van der Waals surface area contributed by atoms with Crippen LogP contribution in [0.1, 0.15) is 26.2 Å². The third kappa shape index (κ3) is 8.02. The summed E-state index contributed by atoms with van der Waals surface area (Å²) in [4.78, 5) is 11.0. The quantitative estimate of drug-likeness (QED) is 0.492. The fourth-order valence-corrected chi connectivity index (χ4v) is 0.876. The Balaban J connectivity index is 0. The zero-order chi connectivity index (χ0) is 9.40. The summed E-state index contributed by atoms with van der Waals surface area (Å²) in [7, 11) is 0. The number of nitrogens with two attached hydrogens (primary N) is 2. The maximum atomic E-state index is 11.0. The van der Waals surface area contributed by atoms with Crippen LogP contribution in [0.5, 0.6) is 0 Å². The number of carbonyl (C=O) groups is 1. The molecule has 0 saturated heterocycles. The van der Waals surface area contributed by atoms with Crippen LogP contribution in [-0.4, -0.2) is 25.2 Å². The Labute approximate surface area is 85.4 Å². The lowest BCUT2D eigenvalue weighted by atomic mass is 10.1. The minimum atomic E-state index is -0.475. The number of halogens is 1. The smallest absolute Gasteiger partial charge is 0.322 e. The summed E-state index contributed by atoms with van der Waals surface area (Å²) in [6.07, 6.45) is 2.46. The standard InChI is InChI=1S/C8H18N2O2.ClH/c1-2-12-8(11)7(10)5-3-4-6-9;/h7H,2-6,9-10H2,1H3;1H/t7-;/m0./s1. The summed E-state index contributed by atoms with van der Waals surface area (Å²) >= 11 is 0. The summed E-state index contributed by atoms with van der Waals surface area (Å²) < 4.78 is 4.74. The third-order valence-corrected chi connectivity index (χ3v) is 1.56. The first-order valence-corrected chi connectivity index (χ1v) is 4.34. The molecule has 0 bridgehead atoms. The van der Waals surface area contributed by atoms with Crippen molar-refractivity contribution >= 4 is 18.4 Å². The summed E-state index contributed by atoms with van der Waals surface area (Å²) in [5.41, 5.74) is 10.8. The molecule has 0 aliphatic carbocycles. The van der Waals surface area contributed by atoms with Crippen LogP contribution in [0.2, 0.25) is 0 Å². The topological polar surface area (TPSA) is 78.3 Å². The van der Waals surface area contributed by atoms with Crippen molar-refractivity contribution in [2.75, 3.05) is 13.2 Å². The Hall–Kier alpha value is -0.320. The van der Waals surface area contributed by atoms with E-state index in [4.69, 9.17) is 16.2 Å². The minimum Gasteiger partial charge on any atom is -0.465 e. The molecule has 0 aromatic rings. The summed E-state index contributed by atoms with van der Waals surface area (Å²) in [5, 5.41) is 0. The Morgan fingerprint density at radius 3 is 2.54 bits per heavy atom. The molecule has 4 N–H and O–H groups in total. The molecule has 0 amide bonds. The molecule has 0 spiro atoms. The second-order valence-electron chi connectivity index (χ2n) is 2.64. The zero-order valence-corrected chi connectivity index (χ0v) is 8.81. The van der Waals surface area contributed by atoms with Gasteiger partial charge in [-0.05, 0) is 26.3 Å². The number of hydrogen-bond acceptors (Lipinski definition) is 4. The van der Waals surface area contributed by atoms with Crippen molar-refractivity contribution in [3.05, 3.63) is 0 Å². The van der Waals surface area contributed by atoms with Gasteiger partial charge in [0.15, 0.2) is 0 Å². The molecular weight excluding hydrogens is 192 g/mol. The van der Waals surface area contributed by atoms with Crippen LogP contribution in [0.15, 0.2) is 0 Å². The molecule has 0 unspecified atom stereocenters. The van der Waals surface area contributed by atoms with Crippen molar-refractivity contribution < 1.29 is 9.53 Å². The van der Waals surface area contributed by atoms with E-state index in [-0.39, 0.29) is 18.4 Å². The van der Waals surface area contributed by atoms with Crippen LogP contribution in [0.3, 0.4) is 0 Å². The molecule has 0 rings (SSSR count). The Morgan fingerprint density at radius 2 is 2.08 bits per heavy atom. The van der Waals surface area contributed by atoms with E-state index in [9.17, 15) is 4.79 Å². The fraction of sp³-hybridized carbons (Fsp3) is 0.875. The maximum Gasteiger partial charge on any atom is 0.322 e. The number of esters is 1. The lowest BCUT2D eigenvalue weighted by Crippen LogP contribution is -2.32. The van der Waals surface area contributed by atoms with Gasteiger partial charge in [0.25, 0.3) is 0 Å². The SMILES string of the molecule is CCOC(=O)[C@@H](N)CCCCN.Cl. The number of hydrogen-bond donors (Lipinski definition) is 2. The Morgan fingerprint density at radius 1 is 1.46 bits per heavy atom. The van der Waals surface area contributed by atoms with Gasteiger partial charge in [0.1, 0.15) is 6.04 Å². The van der Waals surface area contributed by atoms with Crippen LogP contribution in [0, 0.1) is 0 Å². The highest BCUT2D eigenvalue weighted by atomic mass is 35.5. The van der Waals surface area contributed by atoms with Crippen molar-refractivity contribution in [2.45, 2.75) is 32.2 Å². The van der Waals surface area contributed by atoms with Crippen LogP contribution in [0.4, 0.5) is 0 Å². The summed E-state index contributed by atoms with van der Waals surface area (Å²) in [6, 6.07) is -0.475. The molecule has 4 nitrogen and oxygen atoms in total. The van der Waals surface area contributed by atoms with Gasteiger partial charge in [-0.3, -0.25) is 4.79 Å². The van der Waals surface area contributed by atoms with E-state index in [1.807, 2.05) is 0 Å². The van der Waals surface area contributed by atoms with Crippen LogP contribution in [0.25, 0.3) is 0 Å². The molecule has 0 aromatic carbocycles. The van der Waals surface area contributed by atoms with Crippen molar-refractivity contribution in [3.8, 4) is 0 Å². The second-order valence-corrected chi connectivity index (χ2v) is 2.64. The van der Waals surface area contributed by atoms with Gasteiger partial charge in [-0.25, -0.2) is 0 Å². The van der Waals surface area contributed by atoms with E-state index in [1.54, 1.807) is 6.92 Å². The number of carbonyl (C=O) groups excluding carboxylic acids is 1. The van der Waals surface area contributed by atoms with E-state index in [0.717, 1.165) is 12.8 Å². The van der Waals surface area contributed by atoms with E-state index in [1.165, 1.54) is 0 Å². The number of unbranched alkanes of at least 4 members (excludes halogenated alkanes) is 1. The fourth-order valence-electron chi connectivity index (χ4n) is 0.876. The van der Waals surface area contributed by atoms with E-state index < -0.39 is 6.04 Å². The summed E-state index contributed by atoms with van der Waals surface area (Å²) in [5.74, 6) is -0.311. The van der Waals surface area contributed by atoms with Crippen LogP contribution < -0.4 is 11.5 Å². The molecule has 0 radical (unpaired) electrons. The molecule has 0 aromatic heterocycles. The van der Waals surface area contributed by atoms with Crippen molar-refractivity contribution in [3.63, 3.8) is 0 Å². The maximum absolute atomic E-state index is 11.0. The largest absolute Gasteiger partial charge is 0.465 e. The third-order valence-electron chi connectivity index (χ3n) is 1.56. The van der Waals surface area contributed by atoms with Gasteiger partial charge in [0.2, 0.25) is 0 Å². The molecule has 0 heterocycles. The van der Waals surface area contributed by atoms with Gasteiger partial charge in [-0.1, -0.05) is 6.42 Å². The zero-order valence-electron chi connectivity index (χ0n) is 7.99. The average Bonchev–Trinajstić information content (AvgIpc) is 2.05. The van der Waals surface area contributed by atoms with Crippen LogP contribution >= 0.6 is 12.4 Å². The molecule has 80 valence electrons. The van der Waals surface area contributed by atoms with Crippen LogP contribution in [-0.2, 0) is 9.53 Å². The van der Waals surface area contributed by atoms with Crippen molar-refractivity contribution in [2.24, 2.45) is 11.5 Å². The minimum absolute atomic E-state index is 0. The molecule has 0 aliphatic heterocycles. The van der Waals surface area contributed by atoms with Gasteiger partial charge < -0.3 is 16.2 Å². The normalized spacial score (nSPS) is 11.6. The first-order chi connectivity index (χ1) is 5.72. The lowest BCUT2D eigenvalue weighted by molar-refractivity contribution is -0.144. The van der Waals surface area contributed by atoms with Gasteiger partial charge in [-0.2, -0.15) is 0 Å². The highest BCUT2D eigenvalue weighted by molar-refractivity contribution is 5.85. The van der Waals surface area contributed by atoms with Crippen molar-refractivity contribution in [1.29, 1.82) is 0 Å². The molecule has 0 aliphatic rings. The molecule has 0 fully saturated rings. The first kappa shape index (κ1) is 15.2. The molecule has 5 heteroatoms. The highest BCUT2D eigenvalue weighted by Crippen LogP contribution is 1.99. The molecule has 1 atom stereocenters. The number of rotatable bonds is 6. The van der Waals surface area contributed by atoms with E-state index in [0.29, 0.717) is 19.6 Å². The molecular formula is C8H19ClN2O2. The molecule has 0 saturated carbocycles. The molecule has 13 heavy (non-hydrogen) atoms. The van der Waals surface area contributed by atoms with Gasteiger partial charge in [0, 0.05) is 0 Å². The lowest BCUT2D eigenvalue weighted by Gasteiger charge is -2.09. The first-order valence-electron chi connectivity index (χ1n) is 4.34. The summed E-state index contributed by atoms with van der Waals surface area (Å²) in [6.45, 7) is 2.81. The number of ether oxygens (including phenoxy) is 1. The Kier molecular flexibility index (Phi) is 11.4. The van der Waals surface area contributed by atoms with Gasteiger partial charge in [0.05, 0.1) is 6.61 Å². The van der Waals surface area contributed by atoms with Crippen molar-refractivity contribution in [1.82, 2.24) is 0 Å².